The topological polar surface area (TPSA) is 123 Å². The maximum atomic E-state index is 12.6. The summed E-state index contributed by atoms with van der Waals surface area (Å²) in [4.78, 5) is 2.07. The van der Waals surface area contributed by atoms with E-state index in [9.17, 15) is 13.5 Å². The zero-order chi connectivity index (χ0) is 22.3. The van der Waals surface area contributed by atoms with Crippen LogP contribution in [-0.2, 0) is 10.0 Å². The van der Waals surface area contributed by atoms with Crippen molar-refractivity contribution in [2.24, 2.45) is 5.73 Å². The number of hydrogen-bond acceptors (Lipinski definition) is 6. The number of anilines is 1. The van der Waals surface area contributed by atoms with Crippen LogP contribution in [0.1, 0.15) is 11.1 Å². The molecule has 0 saturated carbocycles. The summed E-state index contributed by atoms with van der Waals surface area (Å²) in [6.07, 6.45) is 1.02. The smallest absolute Gasteiger partial charge is 0.236 e. The molecular weight excluding hydrogens is 414 g/mol. The minimum atomic E-state index is -3.46. The lowest BCUT2D eigenvalue weighted by molar-refractivity contribution is 0.0997. The maximum absolute atomic E-state index is 12.6. The molecule has 2 aromatic rings. The largest absolute Gasteiger partial charge is 0.390 e. The highest BCUT2D eigenvalue weighted by atomic mass is 32.2. The highest BCUT2D eigenvalue weighted by Gasteiger charge is 2.25. The number of benzene rings is 2. The van der Waals surface area contributed by atoms with Crippen LogP contribution in [0.4, 0.5) is 5.69 Å². The molecule has 0 aromatic heterocycles. The van der Waals surface area contributed by atoms with Crippen molar-refractivity contribution < 1.29 is 13.5 Å². The molecule has 1 saturated heterocycles. The molecule has 1 aliphatic rings. The van der Waals surface area contributed by atoms with Crippen molar-refractivity contribution in [3.63, 3.8) is 0 Å². The Bertz CT molecular complexity index is 986. The van der Waals surface area contributed by atoms with Crippen LogP contribution in [0.5, 0.6) is 0 Å². The summed E-state index contributed by atoms with van der Waals surface area (Å²) < 4.78 is 26.6. The van der Waals surface area contributed by atoms with Gasteiger partial charge in [-0.2, -0.15) is 4.31 Å². The molecule has 0 aliphatic carbocycles. The van der Waals surface area contributed by atoms with Crippen molar-refractivity contribution >= 4 is 27.6 Å². The number of nitrogens with zero attached hydrogens (tertiary/aromatic N) is 2. The number of amidine groups is 1. The van der Waals surface area contributed by atoms with E-state index >= 15 is 0 Å². The SMILES string of the molecule is N=C(N)c1ccc(NCC(O)CN2CCN(S(=O)(=O)C=Cc3ccccc3)CC2)cc1. The number of aliphatic hydroxyl groups excluding tert-OH is 1. The third-order valence-electron chi connectivity index (χ3n) is 5.13. The number of nitrogens with one attached hydrogen (secondary N) is 2. The van der Waals surface area contributed by atoms with Crippen molar-refractivity contribution in [2.45, 2.75) is 6.10 Å². The van der Waals surface area contributed by atoms with Crippen molar-refractivity contribution in [2.75, 3.05) is 44.6 Å². The number of aliphatic hydroxyl groups is 1. The van der Waals surface area contributed by atoms with Crippen LogP contribution in [0.3, 0.4) is 0 Å². The standard InChI is InChI=1S/C22H29N5O3S/c23-22(24)19-6-8-20(9-7-19)25-16-21(28)17-26-11-13-27(14-12-26)31(29,30)15-10-18-4-2-1-3-5-18/h1-10,15,21,25,28H,11-14,16-17H2,(H3,23,24). The summed E-state index contributed by atoms with van der Waals surface area (Å²) in [7, 11) is -3.46. The fraction of sp³-hybridized carbons (Fsp3) is 0.318. The van der Waals surface area contributed by atoms with Crippen LogP contribution >= 0.6 is 0 Å². The van der Waals surface area contributed by atoms with Gasteiger partial charge in [-0.05, 0) is 35.9 Å². The molecule has 0 radical (unpaired) electrons. The summed E-state index contributed by atoms with van der Waals surface area (Å²) >= 11 is 0. The van der Waals surface area contributed by atoms with Gasteiger partial charge in [-0.25, -0.2) is 8.42 Å². The lowest BCUT2D eigenvalue weighted by atomic mass is 10.2. The van der Waals surface area contributed by atoms with Crippen LogP contribution < -0.4 is 11.1 Å². The van der Waals surface area contributed by atoms with Gasteiger partial charge in [-0.15, -0.1) is 0 Å². The Morgan fingerprint density at radius 2 is 1.74 bits per heavy atom. The molecule has 0 amide bonds. The molecule has 1 aliphatic heterocycles. The molecule has 8 nitrogen and oxygen atoms in total. The molecular formula is C22H29N5O3S. The Hall–Kier alpha value is -2.72. The van der Waals surface area contributed by atoms with Gasteiger partial charge in [0, 0.05) is 55.9 Å². The van der Waals surface area contributed by atoms with Gasteiger partial charge in [-0.1, -0.05) is 30.3 Å². The van der Waals surface area contributed by atoms with Gasteiger partial charge in [0.15, 0.2) is 0 Å². The van der Waals surface area contributed by atoms with Gasteiger partial charge in [0.05, 0.1) is 6.10 Å². The third kappa shape index (κ3) is 6.90. The van der Waals surface area contributed by atoms with Crippen molar-refractivity contribution in [1.82, 2.24) is 9.21 Å². The fourth-order valence-corrected chi connectivity index (χ4v) is 4.52. The van der Waals surface area contributed by atoms with Crippen molar-refractivity contribution in [3.8, 4) is 0 Å². The van der Waals surface area contributed by atoms with Crippen LogP contribution in [-0.4, -0.2) is 73.9 Å². The molecule has 1 atom stereocenters. The molecule has 0 bridgehead atoms. The predicted octanol–water partition coefficient (Wildman–Crippen LogP) is 1.36. The summed E-state index contributed by atoms with van der Waals surface area (Å²) in [6, 6.07) is 16.5. The third-order valence-corrected chi connectivity index (χ3v) is 6.69. The van der Waals surface area contributed by atoms with Gasteiger partial charge >= 0.3 is 0 Å². The van der Waals surface area contributed by atoms with E-state index < -0.39 is 16.1 Å². The van der Waals surface area contributed by atoms with Gasteiger partial charge < -0.3 is 16.2 Å². The van der Waals surface area contributed by atoms with E-state index in [2.05, 4.69) is 10.2 Å². The minimum Gasteiger partial charge on any atom is -0.390 e. The highest BCUT2D eigenvalue weighted by molar-refractivity contribution is 7.92. The first-order valence-corrected chi connectivity index (χ1v) is 11.7. The summed E-state index contributed by atoms with van der Waals surface area (Å²) in [6.45, 7) is 2.78. The monoisotopic (exact) mass is 443 g/mol. The van der Waals surface area contributed by atoms with Gasteiger partial charge in [-0.3, -0.25) is 10.3 Å². The molecule has 1 heterocycles. The number of nitrogen functional groups attached to an aromatic ring is 1. The van der Waals surface area contributed by atoms with Gasteiger partial charge in [0.1, 0.15) is 5.84 Å². The predicted molar refractivity (Wildman–Crippen MR) is 124 cm³/mol. The molecule has 31 heavy (non-hydrogen) atoms. The van der Waals surface area contributed by atoms with Crippen molar-refractivity contribution in [3.05, 3.63) is 71.1 Å². The van der Waals surface area contributed by atoms with Crippen molar-refractivity contribution in [1.29, 1.82) is 5.41 Å². The molecule has 1 unspecified atom stereocenters. The van der Waals surface area contributed by atoms with E-state index in [4.69, 9.17) is 11.1 Å². The second-order valence-electron chi connectivity index (χ2n) is 7.48. The normalized spacial score (nSPS) is 16.9. The molecule has 5 N–H and O–H groups in total. The lowest BCUT2D eigenvalue weighted by Gasteiger charge is -2.34. The first kappa shape index (κ1) is 23.0. The molecule has 1 fully saturated rings. The van der Waals surface area contributed by atoms with Crippen LogP contribution in [0.25, 0.3) is 6.08 Å². The number of β-amino-alcohol motifs (C(OH)–C–C–N with tert-alkyl or cyclic N) is 1. The number of rotatable bonds is 9. The molecule has 3 rings (SSSR count). The fourth-order valence-electron chi connectivity index (χ4n) is 3.35. The molecule has 9 heteroatoms. The van der Waals surface area contributed by atoms with E-state index in [0.717, 1.165) is 11.3 Å². The zero-order valence-corrected chi connectivity index (χ0v) is 18.1. The Kier molecular flexibility index (Phi) is 7.80. The van der Waals surface area contributed by atoms with E-state index in [1.165, 1.54) is 9.71 Å². The average molecular weight is 444 g/mol. The van der Waals surface area contributed by atoms with E-state index in [1.54, 1.807) is 18.2 Å². The first-order valence-electron chi connectivity index (χ1n) is 10.2. The summed E-state index contributed by atoms with van der Waals surface area (Å²) in [5.74, 6) is 0.0169. The minimum absolute atomic E-state index is 0.0169. The maximum Gasteiger partial charge on any atom is 0.236 e. The zero-order valence-electron chi connectivity index (χ0n) is 17.3. The van der Waals surface area contributed by atoms with Gasteiger partial charge in [0.2, 0.25) is 10.0 Å². The Morgan fingerprint density at radius 3 is 2.35 bits per heavy atom. The summed E-state index contributed by atoms with van der Waals surface area (Å²) in [5, 5.41) is 22.2. The Labute approximate surface area is 183 Å². The molecule has 2 aromatic carbocycles. The number of piperazine rings is 1. The van der Waals surface area contributed by atoms with E-state index in [1.807, 2.05) is 42.5 Å². The number of hydrogen-bond donors (Lipinski definition) is 4. The second kappa shape index (κ2) is 10.5. The molecule has 166 valence electrons. The Morgan fingerprint density at radius 1 is 1.10 bits per heavy atom. The summed E-state index contributed by atoms with van der Waals surface area (Å²) in [5.41, 5.74) is 7.78. The van der Waals surface area contributed by atoms with Crippen LogP contribution in [0.2, 0.25) is 0 Å². The number of sulfonamides is 1. The quantitative estimate of drug-likeness (QED) is 0.343. The van der Waals surface area contributed by atoms with Crippen LogP contribution in [0, 0.1) is 5.41 Å². The average Bonchev–Trinajstić information content (AvgIpc) is 2.78. The van der Waals surface area contributed by atoms with E-state index in [-0.39, 0.29) is 5.84 Å². The highest BCUT2D eigenvalue weighted by Crippen LogP contribution is 2.13. The Balaban J connectivity index is 1.42. The lowest BCUT2D eigenvalue weighted by Crippen LogP contribution is -2.50. The van der Waals surface area contributed by atoms with E-state index in [0.29, 0.717) is 44.8 Å². The number of nitrogens with two attached hydrogens (primary N) is 1. The van der Waals surface area contributed by atoms with Gasteiger partial charge in [0.25, 0.3) is 0 Å². The van der Waals surface area contributed by atoms with Crippen LogP contribution in [0.15, 0.2) is 60.0 Å². The second-order valence-corrected chi connectivity index (χ2v) is 9.30. The molecule has 0 spiro atoms. The first-order chi connectivity index (χ1) is 14.8.